The van der Waals surface area contributed by atoms with Crippen LogP contribution in [0, 0.1) is 6.92 Å². The van der Waals surface area contributed by atoms with Gasteiger partial charge < -0.3 is 21.3 Å². The number of hydrogen-bond donors (Lipinski definition) is 3. The molecule has 0 bridgehead atoms. The Morgan fingerprint density at radius 1 is 1.28 bits per heavy atom. The van der Waals surface area contributed by atoms with Crippen LogP contribution >= 0.6 is 0 Å². The minimum atomic E-state index is -4.67. The van der Waals surface area contributed by atoms with Crippen LogP contribution in [0.5, 0.6) is 5.88 Å². The second-order valence-corrected chi connectivity index (χ2v) is 7.57. The van der Waals surface area contributed by atoms with Crippen LogP contribution in [-0.4, -0.2) is 33.3 Å². The number of nitrogens with zero attached hydrogens (tertiary/aromatic N) is 2. The van der Waals surface area contributed by atoms with Gasteiger partial charge in [0.2, 0.25) is 17.9 Å². The molecular weight excluding hydrogens is 425 g/mol. The molecular formula is C22H23F3N4O3. The van der Waals surface area contributed by atoms with E-state index in [0.29, 0.717) is 12.1 Å². The summed E-state index contributed by atoms with van der Waals surface area (Å²) < 4.78 is 46.3. The molecule has 170 valence electrons. The molecule has 32 heavy (non-hydrogen) atoms. The van der Waals surface area contributed by atoms with Crippen LogP contribution in [0.2, 0.25) is 0 Å². The molecule has 1 aromatic heterocycles. The predicted molar refractivity (Wildman–Crippen MR) is 112 cm³/mol. The maximum atomic E-state index is 13.7. The number of aromatic nitrogens is 2. The Morgan fingerprint density at radius 2 is 1.97 bits per heavy atom. The van der Waals surface area contributed by atoms with E-state index in [2.05, 4.69) is 9.97 Å². The number of rotatable bonds is 7. The summed E-state index contributed by atoms with van der Waals surface area (Å²) in [5, 5.41) is 8.93. The summed E-state index contributed by atoms with van der Waals surface area (Å²) in [6.07, 6.45) is -0.942. The Hall–Kier alpha value is -3.40. The van der Waals surface area contributed by atoms with Gasteiger partial charge in [0.1, 0.15) is 6.04 Å². The second kappa shape index (κ2) is 9.39. The molecule has 2 unspecified atom stereocenters. The third-order valence-corrected chi connectivity index (χ3v) is 4.99. The summed E-state index contributed by atoms with van der Waals surface area (Å²) in [7, 11) is 0. The van der Waals surface area contributed by atoms with E-state index in [4.69, 9.17) is 21.3 Å². The molecule has 0 amide bonds. The molecule has 2 aromatic rings. The van der Waals surface area contributed by atoms with E-state index in [1.165, 1.54) is 18.2 Å². The molecule has 0 saturated heterocycles. The standard InChI is InChI=1S/C22H23F3N4O3/c1-12-2-6-15(7-3-12)19(22(23,24)25)32-18-11-17(28-21(27)29-18)14-8-4-13(5-9-14)10-16(26)20(30)31/h2-8,11,14,16,19H,9-10,26H2,1H3,(H,30,31)(H2,27,28,29)/t14?,16-,19?/m0/s1. The Kier molecular flexibility index (Phi) is 6.83. The lowest BCUT2D eigenvalue weighted by Gasteiger charge is -2.23. The molecule has 5 N–H and O–H groups in total. The fraction of sp³-hybridized carbons (Fsp3) is 0.318. The number of halogens is 3. The summed E-state index contributed by atoms with van der Waals surface area (Å²) in [5.74, 6) is -1.87. The van der Waals surface area contributed by atoms with Crippen LogP contribution in [0.25, 0.3) is 0 Å². The third kappa shape index (κ3) is 5.85. The number of carboxylic acids is 1. The number of carbonyl (C=O) groups is 1. The molecule has 0 radical (unpaired) electrons. The summed E-state index contributed by atoms with van der Waals surface area (Å²) in [5.41, 5.74) is 13.2. The van der Waals surface area contributed by atoms with Crippen LogP contribution in [-0.2, 0) is 4.79 Å². The average molecular weight is 448 g/mol. The zero-order chi connectivity index (χ0) is 23.5. The molecule has 0 fully saturated rings. The monoisotopic (exact) mass is 448 g/mol. The Morgan fingerprint density at radius 3 is 2.53 bits per heavy atom. The number of nitrogens with two attached hydrogens (primary N) is 2. The van der Waals surface area contributed by atoms with Gasteiger partial charge in [0.15, 0.2) is 0 Å². The molecule has 1 aliphatic rings. The van der Waals surface area contributed by atoms with Gasteiger partial charge in [0, 0.05) is 17.5 Å². The van der Waals surface area contributed by atoms with Gasteiger partial charge in [0.05, 0.1) is 5.69 Å². The first-order valence-corrected chi connectivity index (χ1v) is 9.83. The fourth-order valence-corrected chi connectivity index (χ4v) is 3.27. The van der Waals surface area contributed by atoms with Crippen molar-refractivity contribution in [1.29, 1.82) is 0 Å². The van der Waals surface area contributed by atoms with Crippen molar-refractivity contribution in [1.82, 2.24) is 9.97 Å². The minimum Gasteiger partial charge on any atom is -0.480 e. The van der Waals surface area contributed by atoms with Crippen molar-refractivity contribution in [3.8, 4) is 5.88 Å². The number of aryl methyl sites for hydroxylation is 1. The third-order valence-electron chi connectivity index (χ3n) is 4.99. The first-order valence-electron chi connectivity index (χ1n) is 9.83. The highest BCUT2D eigenvalue weighted by atomic mass is 19.4. The smallest absolute Gasteiger partial charge is 0.429 e. The van der Waals surface area contributed by atoms with Crippen molar-refractivity contribution in [3.05, 3.63) is 71.0 Å². The number of carboxylic acid groups (broad SMARTS) is 1. The molecule has 1 heterocycles. The number of aliphatic carboxylic acids is 1. The molecule has 1 aliphatic carbocycles. The quantitative estimate of drug-likeness (QED) is 0.588. The SMILES string of the molecule is Cc1ccc(C(Oc2cc(C3C=CC(C[C@H](N)C(=O)O)=CC3)nc(N)n2)C(F)(F)F)cc1. The molecule has 10 heteroatoms. The van der Waals surface area contributed by atoms with Gasteiger partial charge in [-0.1, -0.05) is 53.6 Å². The highest BCUT2D eigenvalue weighted by Gasteiger charge is 2.43. The van der Waals surface area contributed by atoms with Crippen LogP contribution in [0.1, 0.15) is 41.7 Å². The lowest BCUT2D eigenvalue weighted by atomic mass is 9.91. The molecule has 7 nitrogen and oxygen atoms in total. The maximum absolute atomic E-state index is 13.7. The van der Waals surface area contributed by atoms with E-state index in [1.807, 2.05) is 6.08 Å². The van der Waals surface area contributed by atoms with Crippen molar-refractivity contribution in [2.24, 2.45) is 5.73 Å². The van der Waals surface area contributed by atoms with Gasteiger partial charge in [0.25, 0.3) is 0 Å². The molecule has 1 aromatic carbocycles. The lowest BCUT2D eigenvalue weighted by Crippen LogP contribution is -2.30. The number of allylic oxidation sites excluding steroid dienone is 3. The van der Waals surface area contributed by atoms with E-state index in [0.717, 1.165) is 11.1 Å². The van der Waals surface area contributed by atoms with E-state index in [1.54, 1.807) is 31.2 Å². The number of hydrogen-bond acceptors (Lipinski definition) is 6. The van der Waals surface area contributed by atoms with Crippen molar-refractivity contribution < 1.29 is 27.8 Å². The highest BCUT2D eigenvalue weighted by Crippen LogP contribution is 2.37. The zero-order valence-electron chi connectivity index (χ0n) is 17.2. The number of alkyl halides is 3. The average Bonchev–Trinajstić information content (AvgIpc) is 2.72. The van der Waals surface area contributed by atoms with Gasteiger partial charge in [-0.25, -0.2) is 4.98 Å². The normalized spacial score (nSPS) is 18.0. The van der Waals surface area contributed by atoms with Gasteiger partial charge in [-0.3, -0.25) is 4.79 Å². The van der Waals surface area contributed by atoms with E-state index in [9.17, 15) is 18.0 Å². The van der Waals surface area contributed by atoms with Crippen LogP contribution < -0.4 is 16.2 Å². The first-order chi connectivity index (χ1) is 15.0. The van der Waals surface area contributed by atoms with Gasteiger partial charge in [-0.05, 0) is 19.8 Å². The second-order valence-electron chi connectivity index (χ2n) is 7.57. The molecule has 0 aliphatic heterocycles. The van der Waals surface area contributed by atoms with Crippen LogP contribution in [0.3, 0.4) is 0 Å². The maximum Gasteiger partial charge on any atom is 0.429 e. The Labute approximate surface area is 182 Å². The number of benzene rings is 1. The topological polar surface area (TPSA) is 124 Å². The summed E-state index contributed by atoms with van der Waals surface area (Å²) in [6.45, 7) is 1.78. The fourth-order valence-electron chi connectivity index (χ4n) is 3.27. The largest absolute Gasteiger partial charge is 0.480 e. The van der Waals surface area contributed by atoms with Gasteiger partial charge in [-0.15, -0.1) is 0 Å². The summed E-state index contributed by atoms with van der Waals surface area (Å²) >= 11 is 0. The first kappa shape index (κ1) is 23.3. The van der Waals surface area contributed by atoms with Crippen molar-refractivity contribution in [2.75, 3.05) is 5.73 Å². The van der Waals surface area contributed by atoms with Crippen LogP contribution in [0.15, 0.2) is 54.1 Å². The lowest BCUT2D eigenvalue weighted by molar-refractivity contribution is -0.198. The zero-order valence-corrected chi connectivity index (χ0v) is 17.2. The van der Waals surface area contributed by atoms with Gasteiger partial charge in [-0.2, -0.15) is 18.2 Å². The number of nitrogen functional groups attached to an aromatic ring is 1. The Balaban J connectivity index is 1.80. The van der Waals surface area contributed by atoms with Crippen molar-refractivity contribution >= 4 is 11.9 Å². The van der Waals surface area contributed by atoms with Crippen molar-refractivity contribution in [3.63, 3.8) is 0 Å². The molecule has 3 atom stereocenters. The van der Waals surface area contributed by atoms with E-state index >= 15 is 0 Å². The molecule has 0 spiro atoms. The summed E-state index contributed by atoms with van der Waals surface area (Å²) in [6, 6.07) is 6.18. The van der Waals surface area contributed by atoms with E-state index < -0.39 is 24.3 Å². The number of anilines is 1. The molecule has 3 rings (SSSR count). The van der Waals surface area contributed by atoms with Crippen molar-refractivity contribution in [2.45, 2.75) is 44.0 Å². The van der Waals surface area contributed by atoms with Crippen LogP contribution in [0.4, 0.5) is 19.1 Å². The number of ether oxygens (including phenoxy) is 1. The van der Waals surface area contributed by atoms with E-state index in [-0.39, 0.29) is 29.7 Å². The minimum absolute atomic E-state index is 0.0539. The Bertz CT molecular complexity index is 1040. The van der Waals surface area contributed by atoms with Gasteiger partial charge >= 0.3 is 12.1 Å². The molecule has 0 saturated carbocycles. The highest BCUT2D eigenvalue weighted by molar-refractivity contribution is 5.73. The summed E-state index contributed by atoms with van der Waals surface area (Å²) in [4.78, 5) is 18.9. The predicted octanol–water partition coefficient (Wildman–Crippen LogP) is 3.82.